The van der Waals surface area contributed by atoms with Gasteiger partial charge in [0, 0.05) is 6.54 Å². The number of carbonyl (C=O) groups is 1. The van der Waals surface area contributed by atoms with Gasteiger partial charge in [0.2, 0.25) is 0 Å². The third-order valence-electron chi connectivity index (χ3n) is 3.71. The molecule has 0 aliphatic carbocycles. The summed E-state index contributed by atoms with van der Waals surface area (Å²) in [6.45, 7) is 3.30. The summed E-state index contributed by atoms with van der Waals surface area (Å²) >= 11 is 0. The van der Waals surface area contributed by atoms with Gasteiger partial charge < -0.3 is 19.0 Å². The van der Waals surface area contributed by atoms with Crippen LogP contribution in [0.25, 0.3) is 0 Å². The molecule has 3 rings (SSSR count). The zero-order valence-electron chi connectivity index (χ0n) is 13.1. The molecule has 6 heteroatoms. The van der Waals surface area contributed by atoms with Crippen molar-refractivity contribution >= 4 is 5.97 Å². The van der Waals surface area contributed by atoms with E-state index in [2.05, 4.69) is 0 Å². The Kier molecular flexibility index (Phi) is 4.25. The predicted molar refractivity (Wildman–Crippen MR) is 83.1 cm³/mol. The first-order valence-electron chi connectivity index (χ1n) is 7.42. The van der Waals surface area contributed by atoms with Crippen LogP contribution >= 0.6 is 0 Å². The maximum Gasteiger partial charge on any atom is 0.339 e. The van der Waals surface area contributed by atoms with Crippen LogP contribution in [-0.4, -0.2) is 42.3 Å². The van der Waals surface area contributed by atoms with Crippen molar-refractivity contribution in [1.82, 2.24) is 4.90 Å². The zero-order chi connectivity index (χ0) is 16.4. The van der Waals surface area contributed by atoms with E-state index in [0.29, 0.717) is 31.2 Å². The summed E-state index contributed by atoms with van der Waals surface area (Å²) in [6, 6.07) is 9.16. The quantitative estimate of drug-likeness (QED) is 0.914. The van der Waals surface area contributed by atoms with Crippen molar-refractivity contribution in [3.63, 3.8) is 0 Å². The molecular weight excluding hydrogens is 298 g/mol. The molecule has 1 aromatic carbocycles. The average Bonchev–Trinajstić information content (AvgIpc) is 2.87. The molecule has 1 unspecified atom stereocenters. The van der Waals surface area contributed by atoms with Crippen molar-refractivity contribution in [2.24, 2.45) is 0 Å². The second-order valence-electron chi connectivity index (χ2n) is 5.68. The zero-order valence-corrected chi connectivity index (χ0v) is 13.1. The van der Waals surface area contributed by atoms with E-state index >= 15 is 0 Å². The number of rotatable bonds is 5. The van der Waals surface area contributed by atoms with Crippen LogP contribution in [-0.2, 0) is 6.54 Å². The highest BCUT2D eigenvalue weighted by Crippen LogP contribution is 2.31. The third kappa shape index (κ3) is 3.48. The number of likely N-dealkylation sites (N-methyl/N-ethyl adjacent to an activating group) is 1. The fourth-order valence-electron chi connectivity index (χ4n) is 2.67. The van der Waals surface area contributed by atoms with E-state index in [4.69, 9.17) is 19.0 Å². The number of para-hydroxylation sites is 2. The molecule has 122 valence electrons. The Morgan fingerprint density at radius 2 is 2.09 bits per heavy atom. The largest absolute Gasteiger partial charge is 0.486 e. The summed E-state index contributed by atoms with van der Waals surface area (Å²) in [4.78, 5) is 13.1. The van der Waals surface area contributed by atoms with Crippen LogP contribution in [0.5, 0.6) is 11.5 Å². The molecule has 0 fully saturated rings. The molecule has 0 saturated carbocycles. The van der Waals surface area contributed by atoms with E-state index in [1.807, 2.05) is 36.2 Å². The Balaban J connectivity index is 1.59. The fraction of sp³-hybridized carbons (Fsp3) is 0.353. The summed E-state index contributed by atoms with van der Waals surface area (Å²) in [6.07, 6.45) is -0.0788. The maximum atomic E-state index is 11.0. The van der Waals surface area contributed by atoms with Crippen LogP contribution in [0.2, 0.25) is 0 Å². The van der Waals surface area contributed by atoms with Gasteiger partial charge in [0.15, 0.2) is 11.5 Å². The van der Waals surface area contributed by atoms with Crippen LogP contribution in [0, 0.1) is 6.92 Å². The number of aromatic carboxylic acids is 1. The molecule has 23 heavy (non-hydrogen) atoms. The first-order valence-corrected chi connectivity index (χ1v) is 7.42. The molecule has 0 radical (unpaired) electrons. The fourth-order valence-corrected chi connectivity index (χ4v) is 2.67. The molecule has 0 amide bonds. The number of ether oxygens (including phenoxy) is 2. The van der Waals surface area contributed by atoms with Crippen LogP contribution in [0.1, 0.15) is 21.9 Å². The summed E-state index contributed by atoms with van der Waals surface area (Å²) in [5, 5.41) is 9.06. The number of carboxylic acids is 1. The van der Waals surface area contributed by atoms with Gasteiger partial charge in [0.25, 0.3) is 0 Å². The minimum absolute atomic E-state index is 0.0788. The monoisotopic (exact) mass is 317 g/mol. The highest BCUT2D eigenvalue weighted by Gasteiger charge is 2.22. The minimum atomic E-state index is -0.972. The second-order valence-corrected chi connectivity index (χ2v) is 5.68. The van der Waals surface area contributed by atoms with Crippen LogP contribution in [0.3, 0.4) is 0 Å². The van der Waals surface area contributed by atoms with E-state index in [1.165, 1.54) is 0 Å². The van der Waals surface area contributed by atoms with E-state index in [0.717, 1.165) is 11.5 Å². The molecule has 2 heterocycles. The van der Waals surface area contributed by atoms with Gasteiger partial charge in [0.1, 0.15) is 29.8 Å². The van der Waals surface area contributed by atoms with E-state index in [1.54, 1.807) is 13.0 Å². The molecule has 0 bridgehead atoms. The Morgan fingerprint density at radius 1 is 1.35 bits per heavy atom. The lowest BCUT2D eigenvalue weighted by Crippen LogP contribution is -2.39. The molecule has 0 spiro atoms. The highest BCUT2D eigenvalue weighted by molar-refractivity contribution is 5.88. The molecule has 0 saturated heterocycles. The van der Waals surface area contributed by atoms with Crippen molar-refractivity contribution in [2.45, 2.75) is 19.6 Å². The lowest BCUT2D eigenvalue weighted by atomic mass is 10.2. The number of aryl methyl sites for hydroxylation is 1. The van der Waals surface area contributed by atoms with Crippen LogP contribution in [0.4, 0.5) is 0 Å². The SMILES string of the molecule is Cc1oc(CN(C)CC2COc3ccccc3O2)cc1C(=O)O. The Bertz CT molecular complexity index is 709. The van der Waals surface area contributed by atoms with Gasteiger partial charge in [-0.15, -0.1) is 0 Å². The first kappa shape index (κ1) is 15.4. The Morgan fingerprint density at radius 3 is 2.78 bits per heavy atom. The van der Waals surface area contributed by atoms with Gasteiger partial charge in [-0.25, -0.2) is 4.79 Å². The molecule has 1 atom stereocenters. The van der Waals surface area contributed by atoms with Crippen molar-refractivity contribution in [3.8, 4) is 11.5 Å². The number of hydrogen-bond acceptors (Lipinski definition) is 5. The topological polar surface area (TPSA) is 72.1 Å². The van der Waals surface area contributed by atoms with Gasteiger partial charge in [-0.05, 0) is 32.2 Å². The normalized spacial score (nSPS) is 16.6. The van der Waals surface area contributed by atoms with Crippen molar-refractivity contribution in [2.75, 3.05) is 20.2 Å². The summed E-state index contributed by atoms with van der Waals surface area (Å²) in [5.41, 5.74) is 0.208. The lowest BCUT2D eigenvalue weighted by molar-refractivity contribution is 0.0622. The summed E-state index contributed by atoms with van der Waals surface area (Å²) in [5.74, 6) is 1.59. The molecular formula is C17H19NO5. The second kappa shape index (κ2) is 6.34. The number of nitrogens with zero attached hydrogens (tertiary/aromatic N) is 1. The Hall–Kier alpha value is -2.47. The standard InChI is InChI=1S/C17H19NO5/c1-11-14(17(19)20)7-12(22-11)8-18(2)9-13-10-21-15-5-3-4-6-16(15)23-13/h3-7,13H,8-10H2,1-2H3,(H,19,20). The first-order chi connectivity index (χ1) is 11.0. The average molecular weight is 317 g/mol. The maximum absolute atomic E-state index is 11.0. The minimum Gasteiger partial charge on any atom is -0.486 e. The number of carboxylic acid groups (broad SMARTS) is 1. The van der Waals surface area contributed by atoms with Crippen molar-refractivity contribution in [1.29, 1.82) is 0 Å². The molecule has 6 nitrogen and oxygen atoms in total. The molecule has 2 aromatic rings. The molecule has 1 N–H and O–H groups in total. The molecule has 1 aromatic heterocycles. The lowest BCUT2D eigenvalue weighted by Gasteiger charge is -2.29. The van der Waals surface area contributed by atoms with Crippen molar-refractivity contribution in [3.05, 3.63) is 47.4 Å². The Labute approximate surface area is 134 Å². The van der Waals surface area contributed by atoms with Gasteiger partial charge in [-0.1, -0.05) is 12.1 Å². The number of fused-ring (bicyclic) bond motifs is 1. The van der Waals surface area contributed by atoms with Gasteiger partial charge in [-0.3, -0.25) is 4.90 Å². The van der Waals surface area contributed by atoms with E-state index in [-0.39, 0.29) is 11.7 Å². The smallest absolute Gasteiger partial charge is 0.339 e. The molecule has 1 aliphatic rings. The third-order valence-corrected chi connectivity index (χ3v) is 3.71. The number of hydrogen-bond donors (Lipinski definition) is 1. The van der Waals surface area contributed by atoms with Crippen LogP contribution in [0.15, 0.2) is 34.7 Å². The van der Waals surface area contributed by atoms with Gasteiger partial charge in [-0.2, -0.15) is 0 Å². The summed E-state index contributed by atoms with van der Waals surface area (Å²) in [7, 11) is 1.93. The van der Waals surface area contributed by atoms with E-state index < -0.39 is 5.97 Å². The molecule has 1 aliphatic heterocycles. The summed E-state index contributed by atoms with van der Waals surface area (Å²) < 4.78 is 17.1. The van der Waals surface area contributed by atoms with Gasteiger partial charge in [0.05, 0.1) is 6.54 Å². The van der Waals surface area contributed by atoms with Crippen LogP contribution < -0.4 is 9.47 Å². The van der Waals surface area contributed by atoms with E-state index in [9.17, 15) is 4.79 Å². The van der Waals surface area contributed by atoms with Crippen molar-refractivity contribution < 1.29 is 23.8 Å². The number of benzene rings is 1. The predicted octanol–water partition coefficient (Wildman–Crippen LogP) is 2.56. The van der Waals surface area contributed by atoms with Gasteiger partial charge >= 0.3 is 5.97 Å². The number of furan rings is 1. The highest BCUT2D eigenvalue weighted by atomic mass is 16.6.